The molecule has 732 valence electrons. The van der Waals surface area contributed by atoms with Crippen LogP contribution in [-0.4, -0.2) is 159 Å². The summed E-state index contributed by atoms with van der Waals surface area (Å²) < 4.78 is 84.5. The zero-order chi connectivity index (χ0) is 95.8. The third-order valence-electron chi connectivity index (χ3n) is 14.1. The SMILES string of the molecule is C.C.C.C.C.C.C=O.CO[Si](C)(C)C.CO[Si](C)(C)C.COc1ccc(C(C)(C)c2ccc(Oc3ccc(S(=O)(=O)c4ccc(C)cc4)cc3)c(CCl)c2)cc1CCl.COc1ccc(C(C)(C)c2ccc(Oc3ccc(S(=O)(=O)c4ccc(C)cc4)cc3)cc2)cc1.C[Si](C)(C)Cl.C[Si](C)(C)O.[Cl][Sn]([Cl])([Cl])[Cl].[Cl][Sn]([Cl])([Cl])[Cl].[Cl][Sn]([Cl])([Cl])[Cl].[Cl][Sn]([Cl])([Cl])[Cl].[Cl][Sn]([Cl])([Cl])[Cl]. The minimum absolute atomic E-state index is 0. The summed E-state index contributed by atoms with van der Waals surface area (Å²) in [5.41, 5.74) is 7.80. The van der Waals surface area contributed by atoms with E-state index in [4.69, 9.17) is 250 Å². The predicted octanol–water partition coefficient (Wildman–Crippen LogP) is 36.7. The molecule has 0 saturated heterocycles. The molecule has 0 heterocycles. The van der Waals surface area contributed by atoms with E-state index in [1.807, 2.05) is 94.9 Å². The van der Waals surface area contributed by atoms with Gasteiger partial charge in [-0.25, -0.2) is 16.8 Å². The summed E-state index contributed by atoms with van der Waals surface area (Å²) in [5.74, 6) is 4.61. The molecular formula is C81H127Cl23O12S2Si4Sn5. The Morgan fingerprint density at radius 2 is 0.512 bits per heavy atom. The third-order valence-corrected chi connectivity index (χ3v) is 20.7. The van der Waals surface area contributed by atoms with E-state index >= 15 is 0 Å². The number of benzene rings is 8. The molecule has 8 aromatic carbocycles. The minimum atomic E-state index is -3.61. The van der Waals surface area contributed by atoms with Crippen molar-refractivity contribution in [1.29, 1.82) is 0 Å². The fourth-order valence-electron chi connectivity index (χ4n) is 8.07. The van der Waals surface area contributed by atoms with Crippen molar-refractivity contribution in [2.45, 2.75) is 207 Å². The van der Waals surface area contributed by atoms with Gasteiger partial charge >= 0.3 is 248 Å². The number of halogens is 23. The monoisotopic (exact) mass is 2870 g/mol. The number of hydrogen-bond acceptors (Lipinski definition) is 12. The summed E-state index contributed by atoms with van der Waals surface area (Å²) in [4.78, 5) is 17.6. The third kappa shape index (κ3) is 83.1. The van der Waals surface area contributed by atoms with Gasteiger partial charge < -0.3 is 37.4 Å². The Morgan fingerprint density at radius 1 is 0.331 bits per heavy atom. The number of rotatable bonds is 18. The summed E-state index contributed by atoms with van der Waals surface area (Å²) in [6.45, 7) is 39.4. The van der Waals surface area contributed by atoms with E-state index in [0.717, 1.165) is 50.4 Å². The molecule has 0 atom stereocenters. The normalized spacial score (nSPS) is 11.2. The van der Waals surface area contributed by atoms with Crippen LogP contribution in [0.5, 0.6) is 34.5 Å². The van der Waals surface area contributed by atoms with E-state index in [-0.39, 0.29) is 80.9 Å². The molecule has 0 bridgehead atoms. The van der Waals surface area contributed by atoms with E-state index in [0.29, 0.717) is 28.9 Å². The summed E-state index contributed by atoms with van der Waals surface area (Å²) in [7, 11) is 95.4. The van der Waals surface area contributed by atoms with E-state index in [2.05, 4.69) is 117 Å². The topological polar surface area (TPSA) is 161 Å². The quantitative estimate of drug-likeness (QED) is 0.0493. The Morgan fingerprint density at radius 3 is 0.724 bits per heavy atom. The van der Waals surface area contributed by atoms with Gasteiger partial charge in [0.2, 0.25) is 19.7 Å². The van der Waals surface area contributed by atoms with Crippen LogP contribution in [0.25, 0.3) is 0 Å². The molecule has 0 saturated carbocycles. The second-order valence-electron chi connectivity index (χ2n) is 29.4. The van der Waals surface area contributed by atoms with Gasteiger partial charge in [0.1, 0.15) is 48.7 Å². The maximum atomic E-state index is 13.0. The maximum absolute atomic E-state index is 13.0. The van der Waals surface area contributed by atoms with Crippen molar-refractivity contribution in [1.82, 2.24) is 0 Å². The molecule has 0 aliphatic carbocycles. The van der Waals surface area contributed by atoms with E-state index in [1.165, 1.54) is 5.56 Å². The van der Waals surface area contributed by atoms with Crippen LogP contribution in [0.15, 0.2) is 202 Å². The van der Waals surface area contributed by atoms with Crippen molar-refractivity contribution in [2.75, 3.05) is 28.4 Å². The van der Waals surface area contributed by atoms with Gasteiger partial charge in [-0.1, -0.05) is 170 Å². The van der Waals surface area contributed by atoms with Crippen LogP contribution >= 0.6 is 213 Å². The van der Waals surface area contributed by atoms with Gasteiger partial charge in [-0.2, -0.15) is 11.1 Å². The number of hydrogen-bond donors (Lipinski definition) is 1. The zero-order valence-electron chi connectivity index (χ0n) is 70.4. The molecule has 0 aliphatic heterocycles. The molecular weight excluding hydrogens is 2750 g/mol. The number of carbonyl (C=O) groups is 1. The molecule has 0 fully saturated rings. The second kappa shape index (κ2) is 71.4. The molecule has 12 nitrogen and oxygen atoms in total. The van der Waals surface area contributed by atoms with Gasteiger partial charge in [0.05, 0.1) is 45.6 Å². The Bertz CT molecular complexity index is 4300. The number of sulfone groups is 2. The Balaban J connectivity index is -0.000000172. The molecule has 8 aromatic rings. The van der Waals surface area contributed by atoms with Crippen molar-refractivity contribution in [3.63, 3.8) is 0 Å². The molecule has 127 heavy (non-hydrogen) atoms. The second-order valence-corrected chi connectivity index (χ2v) is 182. The molecule has 0 aliphatic rings. The number of carbonyl (C=O) groups excluding carboxylic acids is 1. The van der Waals surface area contributed by atoms with Gasteiger partial charge in [0.15, 0.2) is 25.0 Å². The molecule has 0 radical (unpaired) electrons. The number of aryl methyl sites for hydroxylation is 2. The van der Waals surface area contributed by atoms with E-state index in [1.54, 1.807) is 126 Å². The fraction of sp³-hybridized carbons (Fsp3) is 0.395. The predicted molar refractivity (Wildman–Crippen MR) is 597 cm³/mol. The number of methoxy groups -OCH3 is 2. The summed E-state index contributed by atoms with van der Waals surface area (Å²) in [6.07, 6.45) is 0. The first-order valence-corrected chi connectivity index (χ1v) is 126. The Hall–Kier alpha value is 3.94. The first kappa shape index (κ1) is 151. The van der Waals surface area contributed by atoms with Crippen molar-refractivity contribution in [3.05, 3.63) is 226 Å². The molecule has 1 N–H and O–H groups in total. The van der Waals surface area contributed by atoms with Crippen LogP contribution in [0.3, 0.4) is 0 Å². The van der Waals surface area contributed by atoms with Gasteiger partial charge in [-0.05, 0) is 210 Å². The van der Waals surface area contributed by atoms with E-state index < -0.39 is 121 Å². The average molecular weight is 2880 g/mol. The Kier molecular flexibility index (Phi) is 85.0. The summed E-state index contributed by atoms with van der Waals surface area (Å²) >= 11 is 1.69. The molecule has 0 unspecified atom stereocenters. The average Bonchev–Trinajstić information content (AvgIpc) is 0.797. The van der Waals surface area contributed by atoms with Crippen LogP contribution in [0, 0.1) is 13.8 Å². The fourth-order valence-corrected chi connectivity index (χ4v) is 11.0. The van der Waals surface area contributed by atoms with E-state index in [9.17, 15) is 16.8 Å². The van der Waals surface area contributed by atoms with Crippen molar-refractivity contribution in [2.24, 2.45) is 0 Å². The molecule has 0 aromatic heterocycles. The summed E-state index contributed by atoms with van der Waals surface area (Å²) in [5, 5.41) is 0. The summed E-state index contributed by atoms with van der Waals surface area (Å²) in [6, 6.07) is 54.7. The van der Waals surface area contributed by atoms with Gasteiger partial charge in [-0.15, -0.1) is 23.2 Å². The van der Waals surface area contributed by atoms with Crippen LogP contribution < -0.4 is 18.9 Å². The van der Waals surface area contributed by atoms with Crippen LogP contribution in [0.1, 0.15) is 117 Å². The first-order valence-electron chi connectivity index (χ1n) is 34.9. The van der Waals surface area contributed by atoms with Crippen LogP contribution in [-0.2, 0) is 55.9 Å². The Labute approximate surface area is 877 Å². The van der Waals surface area contributed by atoms with Crippen molar-refractivity contribution < 1.29 is 54.2 Å². The molecule has 46 heteroatoms. The van der Waals surface area contributed by atoms with Crippen LogP contribution in [0.4, 0.5) is 0 Å². The van der Waals surface area contributed by atoms with Crippen LogP contribution in [0.2, 0.25) is 78.6 Å². The number of alkyl halides is 2. The molecule has 8 rings (SSSR count). The van der Waals surface area contributed by atoms with Crippen molar-refractivity contribution >= 4 is 341 Å². The number of ether oxygens (including phenoxy) is 4. The van der Waals surface area contributed by atoms with Gasteiger partial charge in [0, 0.05) is 36.2 Å². The van der Waals surface area contributed by atoms with Gasteiger partial charge in [-0.3, -0.25) is 0 Å². The standard InChI is InChI=1S/C31H30Cl2O4S.C29H28O4S.2C4H12OSi.C3H9ClSi.C3H10OSi.CH2O.6CH4.20ClH.5Sn/c1-21-5-11-27(12-6-21)38(34,35)28-13-9-26(10-14-28)37-30-16-8-25(18-23(30)20-33)31(2,3)24-7-15-29(36-4)22(17-24)19-32;1-21-5-17-27(18-6-21)34(30,31)28-19-15-26(16-20-28)33-25-13-9-23(10-14-25)29(2,3)22-7-11-24(32-4)12-8-22;2*1-5-6(2,3)4;2*1-5(2,3)4;1-2;;;;;;;;;;;;;;;;;;;;;;;;;;;;;;;/h5-18H,19-20H2,1-4H3;5-20H,1-4H3;2*1-4H3;1-3H3;4H,1-3H3;1H2;6*1H4;20*1H;;;;;/q;;;;;;;;;;;;;;;;;;;;;;;;;;;;;;;;;5*+4/p-20. The van der Waals surface area contributed by atoms with Crippen molar-refractivity contribution in [3.8, 4) is 34.5 Å². The first-order chi connectivity index (χ1) is 54.4. The molecule has 0 amide bonds. The molecule has 0 spiro atoms. The zero-order valence-corrected chi connectivity index (χ0v) is 108. The van der Waals surface area contributed by atoms with Gasteiger partial charge in [0.25, 0.3) is 0 Å².